The summed E-state index contributed by atoms with van der Waals surface area (Å²) in [4.78, 5) is 82.3. The molecule has 0 radical (unpaired) electrons. The van der Waals surface area contributed by atoms with E-state index in [-0.39, 0.29) is 28.5 Å². The van der Waals surface area contributed by atoms with Crippen LogP contribution in [0.4, 0.5) is 21.6 Å². The molecular formula is C37H39ClN6O6S3. The number of anilines is 4. The zero-order valence-corrected chi connectivity index (χ0v) is 32.6. The van der Waals surface area contributed by atoms with Crippen molar-refractivity contribution in [3.8, 4) is 0 Å². The lowest BCUT2D eigenvalue weighted by Gasteiger charge is -2.14. The highest BCUT2D eigenvalue weighted by Crippen LogP contribution is 2.33. The number of halogens is 1. The average Bonchev–Trinajstić information content (AvgIpc) is 3.99. The van der Waals surface area contributed by atoms with Gasteiger partial charge in [-0.05, 0) is 70.1 Å². The number of rotatable bonds is 9. The standard InChI is InChI=1S/C19H21N3O3S2.C18H18ClN3O3S/c1-11-7-8-14(13(9-11)16(23)12-5-3-4-6-12)21-17(24)18(25)22-19-20-10-15(26-2)27-19;1-10-6-7-13(12(8-10)15(23)11-4-2-3-5-11)21-16(24)17(25)22-18-20-9-14(19)26-18/h7-10,12H,3-6H2,1-2H3,(H,21,24)(H,20,22,25);6-9,11H,2-5H2,1H3,(H,21,24)(H,20,22,25). The summed E-state index contributed by atoms with van der Waals surface area (Å²) >= 11 is 9.62. The fourth-order valence-electron chi connectivity index (χ4n) is 6.15. The van der Waals surface area contributed by atoms with Crippen molar-refractivity contribution in [2.75, 3.05) is 27.5 Å². The van der Waals surface area contributed by atoms with E-state index in [2.05, 4.69) is 31.2 Å². The molecule has 2 aromatic heterocycles. The summed E-state index contributed by atoms with van der Waals surface area (Å²) in [5, 5.41) is 10.6. The van der Waals surface area contributed by atoms with E-state index in [9.17, 15) is 28.8 Å². The molecule has 4 aromatic rings. The van der Waals surface area contributed by atoms with Gasteiger partial charge in [-0.2, -0.15) is 0 Å². The molecule has 16 heteroatoms. The molecule has 53 heavy (non-hydrogen) atoms. The number of aromatic nitrogens is 2. The number of thioether (sulfide) groups is 1. The molecule has 2 aliphatic carbocycles. The molecular weight excluding hydrogens is 756 g/mol. The topological polar surface area (TPSA) is 176 Å². The van der Waals surface area contributed by atoms with Gasteiger partial charge in [-0.15, -0.1) is 11.8 Å². The van der Waals surface area contributed by atoms with Crippen molar-refractivity contribution < 1.29 is 28.8 Å². The van der Waals surface area contributed by atoms with Crippen molar-refractivity contribution in [2.45, 2.75) is 69.4 Å². The van der Waals surface area contributed by atoms with E-state index in [1.165, 1.54) is 29.3 Å². The maximum atomic E-state index is 12.8. The van der Waals surface area contributed by atoms with Crippen LogP contribution in [0.15, 0.2) is 53.0 Å². The average molecular weight is 795 g/mol. The molecule has 2 heterocycles. The molecule has 6 rings (SSSR count). The van der Waals surface area contributed by atoms with Gasteiger partial charge in [0.05, 0.1) is 28.0 Å². The third-order valence-electron chi connectivity index (χ3n) is 8.85. The number of amides is 4. The number of ketones is 2. The Morgan fingerprint density at radius 3 is 1.45 bits per heavy atom. The van der Waals surface area contributed by atoms with Gasteiger partial charge in [0.2, 0.25) is 0 Å². The van der Waals surface area contributed by atoms with Gasteiger partial charge < -0.3 is 10.6 Å². The summed E-state index contributed by atoms with van der Waals surface area (Å²) in [6.07, 6.45) is 12.6. The SMILES string of the molecule is CSc1cnc(NC(=O)C(=O)Nc2ccc(C)cc2C(=O)C2CCCC2)s1.Cc1ccc(NC(=O)C(=O)Nc2ncc(Cl)s2)c(C(=O)C2CCCC2)c1. The fourth-order valence-corrected chi connectivity index (χ4v) is 8.23. The van der Waals surface area contributed by atoms with Crippen LogP contribution >= 0.6 is 46.0 Å². The smallest absolute Gasteiger partial charge is 0.315 e. The van der Waals surface area contributed by atoms with Gasteiger partial charge in [-0.25, -0.2) is 9.97 Å². The van der Waals surface area contributed by atoms with Crippen LogP contribution < -0.4 is 21.3 Å². The van der Waals surface area contributed by atoms with Crippen LogP contribution in [-0.4, -0.2) is 51.4 Å². The minimum absolute atomic E-state index is 0.00318. The first-order chi connectivity index (χ1) is 25.4. The van der Waals surface area contributed by atoms with Gasteiger partial charge >= 0.3 is 23.6 Å². The number of aryl methyl sites for hydroxylation is 2. The minimum Gasteiger partial charge on any atom is -0.317 e. The van der Waals surface area contributed by atoms with Crippen LogP contribution in [0.5, 0.6) is 0 Å². The summed E-state index contributed by atoms with van der Waals surface area (Å²) < 4.78 is 1.34. The number of hydrogen-bond acceptors (Lipinski definition) is 11. The molecule has 0 unspecified atom stereocenters. The number of nitrogens with one attached hydrogen (secondary N) is 4. The van der Waals surface area contributed by atoms with Crippen LogP contribution in [0.25, 0.3) is 0 Å². The molecule has 2 aliphatic rings. The number of thiazole rings is 2. The van der Waals surface area contributed by atoms with Gasteiger partial charge in [0.1, 0.15) is 4.34 Å². The van der Waals surface area contributed by atoms with Crippen molar-refractivity contribution in [2.24, 2.45) is 11.8 Å². The predicted molar refractivity (Wildman–Crippen MR) is 210 cm³/mol. The Labute approximate surface area is 324 Å². The number of carbonyl (C=O) groups excluding carboxylic acids is 6. The molecule has 2 fully saturated rings. The Balaban J connectivity index is 0.000000204. The summed E-state index contributed by atoms with van der Waals surface area (Å²) in [5.74, 6) is -3.31. The van der Waals surface area contributed by atoms with Crippen LogP contribution in [0.1, 0.15) is 83.2 Å². The van der Waals surface area contributed by atoms with Crippen LogP contribution in [0.2, 0.25) is 4.34 Å². The molecule has 0 spiro atoms. The first-order valence-electron chi connectivity index (χ1n) is 17.1. The van der Waals surface area contributed by atoms with Crippen molar-refractivity contribution in [3.05, 3.63) is 75.4 Å². The first kappa shape index (κ1) is 39.8. The molecule has 0 aliphatic heterocycles. The van der Waals surface area contributed by atoms with Crippen LogP contribution in [0.3, 0.4) is 0 Å². The molecule has 0 bridgehead atoms. The van der Waals surface area contributed by atoms with Crippen molar-refractivity contribution in [3.63, 3.8) is 0 Å². The predicted octanol–water partition coefficient (Wildman–Crippen LogP) is 8.18. The van der Waals surface area contributed by atoms with Gasteiger partial charge in [-0.1, -0.05) is 83.2 Å². The minimum atomic E-state index is -0.865. The van der Waals surface area contributed by atoms with E-state index >= 15 is 0 Å². The Morgan fingerprint density at radius 2 is 1.06 bits per heavy atom. The molecule has 0 saturated heterocycles. The summed E-state index contributed by atoms with van der Waals surface area (Å²) in [6, 6.07) is 10.5. The summed E-state index contributed by atoms with van der Waals surface area (Å²) in [5.41, 5.74) is 3.51. The van der Waals surface area contributed by atoms with E-state index in [4.69, 9.17) is 11.6 Å². The highest BCUT2D eigenvalue weighted by Gasteiger charge is 2.28. The first-order valence-corrected chi connectivity index (χ1v) is 20.3. The molecule has 4 amide bonds. The van der Waals surface area contributed by atoms with E-state index in [0.29, 0.717) is 32.0 Å². The van der Waals surface area contributed by atoms with Gasteiger partial charge in [0, 0.05) is 23.0 Å². The third kappa shape index (κ3) is 10.8. The van der Waals surface area contributed by atoms with Crippen molar-refractivity contribution >= 4 is 103 Å². The summed E-state index contributed by atoms with van der Waals surface area (Å²) in [6.45, 7) is 3.78. The normalized spacial score (nSPS) is 14.2. The second-order valence-corrected chi connectivity index (χ2v) is 16.6. The Kier molecular flexibility index (Phi) is 13.9. The second kappa shape index (κ2) is 18.5. The van der Waals surface area contributed by atoms with E-state index in [0.717, 1.165) is 78.0 Å². The van der Waals surface area contributed by atoms with E-state index < -0.39 is 23.6 Å². The fraction of sp³-hybridized carbons (Fsp3) is 0.351. The number of nitrogens with zero attached hydrogens (tertiary/aromatic N) is 2. The van der Waals surface area contributed by atoms with Crippen molar-refractivity contribution in [1.82, 2.24) is 9.97 Å². The molecule has 278 valence electrons. The Morgan fingerprint density at radius 1 is 0.642 bits per heavy atom. The molecule has 4 N–H and O–H groups in total. The van der Waals surface area contributed by atoms with E-state index in [1.807, 2.05) is 26.2 Å². The Hall–Kier alpha value is -4.44. The second-order valence-electron chi connectivity index (χ2n) is 12.8. The lowest BCUT2D eigenvalue weighted by molar-refractivity contribution is -0.133. The van der Waals surface area contributed by atoms with Crippen LogP contribution in [-0.2, 0) is 19.2 Å². The quantitative estimate of drug-likeness (QED) is 0.0740. The summed E-state index contributed by atoms with van der Waals surface area (Å²) in [7, 11) is 0. The Bertz CT molecular complexity index is 2020. The molecule has 2 aromatic carbocycles. The van der Waals surface area contributed by atoms with Crippen molar-refractivity contribution in [1.29, 1.82) is 0 Å². The largest absolute Gasteiger partial charge is 0.317 e. The van der Waals surface area contributed by atoms with Crippen LogP contribution in [0, 0.1) is 25.7 Å². The third-order valence-corrected chi connectivity index (χ3v) is 11.8. The number of Topliss-reactive ketones (excluding diaryl/α,β-unsaturated/α-hetero) is 2. The van der Waals surface area contributed by atoms with Gasteiger partial charge in [0.25, 0.3) is 0 Å². The molecule has 12 nitrogen and oxygen atoms in total. The molecule has 2 saturated carbocycles. The highest BCUT2D eigenvalue weighted by atomic mass is 35.5. The lowest BCUT2D eigenvalue weighted by atomic mass is 9.94. The van der Waals surface area contributed by atoms with E-state index in [1.54, 1.807) is 36.5 Å². The van der Waals surface area contributed by atoms with Gasteiger partial charge in [-0.3, -0.25) is 39.4 Å². The van der Waals surface area contributed by atoms with Gasteiger partial charge in [0.15, 0.2) is 21.8 Å². The maximum Gasteiger partial charge on any atom is 0.315 e. The zero-order valence-electron chi connectivity index (χ0n) is 29.4. The maximum absolute atomic E-state index is 12.8. The highest BCUT2D eigenvalue weighted by molar-refractivity contribution is 8.00. The number of benzene rings is 2. The lowest BCUT2D eigenvalue weighted by Crippen LogP contribution is -2.30. The number of carbonyl (C=O) groups is 6. The molecule has 0 atom stereocenters. The number of hydrogen-bond donors (Lipinski definition) is 4. The monoisotopic (exact) mass is 794 g/mol. The zero-order chi connectivity index (χ0) is 38.1.